The van der Waals surface area contributed by atoms with Crippen molar-refractivity contribution < 1.29 is 18.0 Å². The molecule has 0 aliphatic carbocycles. The van der Waals surface area contributed by atoms with E-state index in [0.29, 0.717) is 22.5 Å². The highest BCUT2D eigenvalue weighted by Gasteiger charge is 2.27. The highest BCUT2D eigenvalue weighted by Crippen LogP contribution is 2.30. The maximum Gasteiger partial charge on any atom is 0.264 e. The van der Waals surface area contributed by atoms with Gasteiger partial charge in [0.2, 0.25) is 0 Å². The SMILES string of the molecule is C/C(=N/NC(=O)CN(c1ccc(Cl)c(Cl)c1)S(=O)(=O)c1ccccc1)c1ccc(NC(=O)c2ccccc2)cc1. The molecule has 0 saturated carbocycles. The molecule has 0 atom stereocenters. The average molecular weight is 596 g/mol. The second-order valence-electron chi connectivity index (χ2n) is 8.55. The number of halogens is 2. The molecule has 0 heterocycles. The molecule has 4 aromatic carbocycles. The van der Waals surface area contributed by atoms with E-state index < -0.39 is 22.5 Å². The number of nitrogens with zero attached hydrogens (tertiary/aromatic N) is 2. The Balaban J connectivity index is 1.47. The Morgan fingerprint density at radius 1 is 0.800 bits per heavy atom. The Hall–Kier alpha value is -4.18. The molecule has 0 unspecified atom stereocenters. The fraction of sp³-hybridized carbons (Fsp3) is 0.0690. The fourth-order valence-electron chi connectivity index (χ4n) is 3.64. The van der Waals surface area contributed by atoms with E-state index in [0.717, 1.165) is 4.31 Å². The van der Waals surface area contributed by atoms with Crippen LogP contribution >= 0.6 is 23.2 Å². The van der Waals surface area contributed by atoms with Gasteiger partial charge in [0.05, 0.1) is 26.3 Å². The summed E-state index contributed by atoms with van der Waals surface area (Å²) in [5.74, 6) is -0.903. The molecular formula is C29H24Cl2N4O4S. The lowest BCUT2D eigenvalue weighted by molar-refractivity contribution is -0.119. The Kier molecular flexibility index (Phi) is 9.21. The van der Waals surface area contributed by atoms with Crippen molar-refractivity contribution in [2.24, 2.45) is 5.10 Å². The van der Waals surface area contributed by atoms with Crippen LogP contribution in [0.2, 0.25) is 10.0 Å². The third-order valence-corrected chi connectivity index (χ3v) is 8.28. The number of amides is 2. The highest BCUT2D eigenvalue weighted by molar-refractivity contribution is 7.92. The average Bonchev–Trinajstić information content (AvgIpc) is 2.97. The van der Waals surface area contributed by atoms with Gasteiger partial charge in [-0.3, -0.25) is 13.9 Å². The van der Waals surface area contributed by atoms with Crippen LogP contribution in [0, 0.1) is 0 Å². The number of hydrazone groups is 1. The number of rotatable bonds is 9. The zero-order chi connectivity index (χ0) is 28.7. The number of nitrogens with one attached hydrogen (secondary N) is 2. The Morgan fingerprint density at radius 3 is 2.05 bits per heavy atom. The molecule has 0 aliphatic heterocycles. The second kappa shape index (κ2) is 12.8. The van der Waals surface area contributed by atoms with Crippen molar-refractivity contribution in [2.75, 3.05) is 16.2 Å². The van der Waals surface area contributed by atoms with Crippen LogP contribution < -0.4 is 15.0 Å². The van der Waals surface area contributed by atoms with E-state index in [9.17, 15) is 18.0 Å². The van der Waals surface area contributed by atoms with Crippen LogP contribution in [0.1, 0.15) is 22.8 Å². The third-order valence-electron chi connectivity index (χ3n) is 5.75. The first-order valence-corrected chi connectivity index (χ1v) is 14.2. The molecule has 4 aromatic rings. The minimum Gasteiger partial charge on any atom is -0.322 e. The monoisotopic (exact) mass is 594 g/mol. The molecule has 0 fully saturated rings. The molecule has 2 N–H and O–H groups in total. The summed E-state index contributed by atoms with van der Waals surface area (Å²) in [6, 6.07) is 27.8. The minimum atomic E-state index is -4.12. The van der Waals surface area contributed by atoms with E-state index in [4.69, 9.17) is 23.2 Å². The summed E-state index contributed by atoms with van der Waals surface area (Å²) in [5.41, 5.74) is 4.88. The van der Waals surface area contributed by atoms with Crippen molar-refractivity contribution in [3.8, 4) is 0 Å². The standard InChI is InChI=1S/C29H24Cl2N4O4S/c1-20(21-12-14-23(15-13-21)32-29(37)22-8-4-2-5-9-22)33-34-28(36)19-35(24-16-17-26(30)27(31)18-24)40(38,39)25-10-6-3-7-11-25/h2-18H,19H2,1H3,(H,32,37)(H,34,36)/b33-20-. The summed E-state index contributed by atoms with van der Waals surface area (Å²) < 4.78 is 27.8. The quantitative estimate of drug-likeness (QED) is 0.183. The van der Waals surface area contributed by atoms with Gasteiger partial charge in [-0.15, -0.1) is 0 Å². The van der Waals surface area contributed by atoms with E-state index in [2.05, 4.69) is 15.8 Å². The predicted molar refractivity (Wildman–Crippen MR) is 159 cm³/mol. The first kappa shape index (κ1) is 28.8. The second-order valence-corrected chi connectivity index (χ2v) is 11.2. The predicted octanol–water partition coefficient (Wildman–Crippen LogP) is 5.98. The van der Waals surface area contributed by atoms with E-state index in [-0.39, 0.29) is 26.5 Å². The van der Waals surface area contributed by atoms with Crippen molar-refractivity contribution in [1.82, 2.24) is 5.43 Å². The molecule has 204 valence electrons. The molecule has 2 amide bonds. The molecule has 0 saturated heterocycles. The lowest BCUT2D eigenvalue weighted by atomic mass is 10.1. The highest BCUT2D eigenvalue weighted by atomic mass is 35.5. The molecule has 8 nitrogen and oxygen atoms in total. The number of carbonyl (C=O) groups excluding carboxylic acids is 2. The van der Waals surface area contributed by atoms with Crippen LogP contribution in [0.15, 0.2) is 113 Å². The lowest BCUT2D eigenvalue weighted by Crippen LogP contribution is -2.39. The summed E-state index contributed by atoms with van der Waals surface area (Å²) in [6.45, 7) is 1.13. The van der Waals surface area contributed by atoms with Crippen LogP contribution in [0.4, 0.5) is 11.4 Å². The van der Waals surface area contributed by atoms with Gasteiger partial charge in [0.1, 0.15) is 6.54 Å². The van der Waals surface area contributed by atoms with Crippen LogP contribution in [0.25, 0.3) is 0 Å². The van der Waals surface area contributed by atoms with Crippen LogP contribution in [0.5, 0.6) is 0 Å². The molecule has 0 aliphatic rings. The smallest absolute Gasteiger partial charge is 0.264 e. The maximum atomic E-state index is 13.4. The summed E-state index contributed by atoms with van der Waals surface area (Å²) in [5, 5.41) is 7.34. The summed E-state index contributed by atoms with van der Waals surface area (Å²) in [4.78, 5) is 25.2. The van der Waals surface area contributed by atoms with E-state index in [1.165, 1.54) is 30.3 Å². The first-order chi connectivity index (χ1) is 19.1. The fourth-order valence-corrected chi connectivity index (χ4v) is 5.37. The minimum absolute atomic E-state index is 0.00741. The van der Waals surface area contributed by atoms with Gasteiger partial charge in [0.25, 0.3) is 21.8 Å². The van der Waals surface area contributed by atoms with Gasteiger partial charge in [-0.25, -0.2) is 13.8 Å². The van der Waals surface area contributed by atoms with Crippen molar-refractivity contribution >= 4 is 62.1 Å². The molecule has 0 radical (unpaired) electrons. The van der Waals surface area contributed by atoms with Crippen LogP contribution in [-0.2, 0) is 14.8 Å². The molecule has 4 rings (SSSR count). The zero-order valence-corrected chi connectivity index (χ0v) is 23.5. The number of sulfonamides is 1. The van der Waals surface area contributed by atoms with Crippen molar-refractivity contribution in [1.29, 1.82) is 0 Å². The van der Waals surface area contributed by atoms with Crippen molar-refractivity contribution in [3.63, 3.8) is 0 Å². The summed E-state index contributed by atoms with van der Waals surface area (Å²) >= 11 is 12.1. The van der Waals surface area contributed by atoms with Crippen molar-refractivity contribution in [2.45, 2.75) is 11.8 Å². The normalized spacial score (nSPS) is 11.5. The van der Waals surface area contributed by atoms with Gasteiger partial charge in [0, 0.05) is 11.3 Å². The third kappa shape index (κ3) is 7.06. The van der Waals surface area contributed by atoms with Gasteiger partial charge in [0.15, 0.2) is 0 Å². The number of benzene rings is 4. The van der Waals surface area contributed by atoms with Gasteiger partial charge in [-0.05, 0) is 67.1 Å². The molecule has 0 aromatic heterocycles. The number of hydrogen-bond donors (Lipinski definition) is 2. The molecular weight excluding hydrogens is 571 g/mol. The summed E-state index contributed by atoms with van der Waals surface area (Å²) in [6.07, 6.45) is 0. The molecule has 0 bridgehead atoms. The Bertz CT molecular complexity index is 1650. The number of carbonyl (C=O) groups is 2. The maximum absolute atomic E-state index is 13.4. The van der Waals surface area contributed by atoms with Gasteiger partial charge >= 0.3 is 0 Å². The van der Waals surface area contributed by atoms with Crippen LogP contribution in [0.3, 0.4) is 0 Å². The van der Waals surface area contributed by atoms with E-state index in [1.54, 1.807) is 73.7 Å². The summed E-state index contributed by atoms with van der Waals surface area (Å²) in [7, 11) is -4.12. The topological polar surface area (TPSA) is 108 Å². The number of anilines is 2. The van der Waals surface area contributed by atoms with E-state index >= 15 is 0 Å². The van der Waals surface area contributed by atoms with Gasteiger partial charge in [-0.1, -0.05) is 71.7 Å². The molecule has 40 heavy (non-hydrogen) atoms. The number of hydrogen-bond acceptors (Lipinski definition) is 5. The molecule has 0 spiro atoms. The van der Waals surface area contributed by atoms with Gasteiger partial charge in [-0.2, -0.15) is 5.10 Å². The Labute approximate surface area is 242 Å². The van der Waals surface area contributed by atoms with Gasteiger partial charge < -0.3 is 5.32 Å². The van der Waals surface area contributed by atoms with Crippen molar-refractivity contribution in [3.05, 3.63) is 124 Å². The zero-order valence-electron chi connectivity index (χ0n) is 21.2. The van der Waals surface area contributed by atoms with Crippen LogP contribution in [-0.4, -0.2) is 32.5 Å². The largest absolute Gasteiger partial charge is 0.322 e. The lowest BCUT2D eigenvalue weighted by Gasteiger charge is -2.24. The Morgan fingerprint density at radius 2 is 1.43 bits per heavy atom. The molecule has 11 heteroatoms. The first-order valence-electron chi connectivity index (χ1n) is 12.0. The van der Waals surface area contributed by atoms with E-state index in [1.807, 2.05) is 6.07 Å².